The number of carboxylic acids is 2. The van der Waals surface area contributed by atoms with Crippen LogP contribution in [-0.2, 0) is 16.1 Å². The van der Waals surface area contributed by atoms with Crippen LogP contribution in [0.5, 0.6) is 0 Å². The van der Waals surface area contributed by atoms with E-state index in [0.29, 0.717) is 0 Å². The number of carboxylic acid groups (broad SMARTS) is 2. The summed E-state index contributed by atoms with van der Waals surface area (Å²) in [5, 5.41) is 29.9. The van der Waals surface area contributed by atoms with Crippen molar-refractivity contribution in [2.24, 2.45) is 0 Å². The molecule has 0 atom stereocenters. The molecule has 23 heavy (non-hydrogen) atoms. The molecule has 0 fully saturated rings. The molecule has 0 spiro atoms. The van der Waals surface area contributed by atoms with Crippen LogP contribution in [0, 0.1) is 0 Å². The van der Waals surface area contributed by atoms with E-state index in [0.717, 1.165) is 6.54 Å². The topological polar surface area (TPSA) is 107 Å². The van der Waals surface area contributed by atoms with Gasteiger partial charge in [-0.25, -0.2) is 9.59 Å². The lowest BCUT2D eigenvalue weighted by molar-refractivity contribution is -0.159. The molecule has 0 saturated carbocycles. The molecule has 124 valence electrons. The summed E-state index contributed by atoms with van der Waals surface area (Å²) in [7, 11) is 0. The SMILES string of the molecule is CC(C)(CO)NCc1cccc2ccccc12.O=C(O)C(=O)O. The Bertz CT molecular complexity index is 664. The van der Waals surface area contributed by atoms with Crippen LogP contribution in [0.25, 0.3) is 10.8 Å². The summed E-state index contributed by atoms with van der Waals surface area (Å²) in [6, 6.07) is 14.7. The highest BCUT2D eigenvalue weighted by Gasteiger charge is 2.15. The minimum absolute atomic E-state index is 0.137. The maximum atomic E-state index is 9.22. The Balaban J connectivity index is 0.000000379. The van der Waals surface area contributed by atoms with Gasteiger partial charge in [0.1, 0.15) is 0 Å². The van der Waals surface area contributed by atoms with E-state index in [1.807, 2.05) is 13.8 Å². The Kier molecular flexibility index (Phi) is 6.68. The van der Waals surface area contributed by atoms with Gasteiger partial charge in [0.05, 0.1) is 6.61 Å². The molecule has 0 heterocycles. The average Bonchev–Trinajstić information content (AvgIpc) is 2.53. The predicted molar refractivity (Wildman–Crippen MR) is 87.2 cm³/mol. The van der Waals surface area contributed by atoms with Crippen molar-refractivity contribution in [1.82, 2.24) is 5.32 Å². The van der Waals surface area contributed by atoms with Gasteiger partial charge >= 0.3 is 11.9 Å². The molecule has 2 rings (SSSR count). The van der Waals surface area contributed by atoms with Gasteiger partial charge in [-0.15, -0.1) is 0 Å². The fourth-order valence-electron chi connectivity index (χ4n) is 1.84. The molecule has 0 aliphatic rings. The molecule has 6 heteroatoms. The van der Waals surface area contributed by atoms with Crippen LogP contribution in [0.4, 0.5) is 0 Å². The number of fused-ring (bicyclic) bond motifs is 1. The van der Waals surface area contributed by atoms with Crippen LogP contribution in [-0.4, -0.2) is 39.4 Å². The molecular weight excluding hydrogens is 298 g/mol. The van der Waals surface area contributed by atoms with Gasteiger partial charge < -0.3 is 20.6 Å². The second kappa shape index (κ2) is 8.26. The van der Waals surface area contributed by atoms with Crippen molar-refractivity contribution in [3.05, 3.63) is 48.0 Å². The molecule has 6 nitrogen and oxygen atoms in total. The van der Waals surface area contributed by atoms with Gasteiger partial charge in [0.15, 0.2) is 0 Å². The Hall–Kier alpha value is -2.44. The Morgan fingerprint density at radius 1 is 1.00 bits per heavy atom. The maximum Gasteiger partial charge on any atom is 0.414 e. The Labute approximate surface area is 134 Å². The van der Waals surface area contributed by atoms with E-state index in [9.17, 15) is 5.11 Å². The third-order valence-electron chi connectivity index (χ3n) is 3.22. The molecule has 0 bridgehead atoms. The van der Waals surface area contributed by atoms with E-state index in [1.165, 1.54) is 16.3 Å². The first-order valence-electron chi connectivity index (χ1n) is 7.05. The summed E-state index contributed by atoms with van der Waals surface area (Å²) in [4.78, 5) is 18.2. The smallest absolute Gasteiger partial charge is 0.414 e. The molecule has 0 radical (unpaired) electrons. The van der Waals surface area contributed by atoms with E-state index in [4.69, 9.17) is 19.8 Å². The van der Waals surface area contributed by atoms with Crippen molar-refractivity contribution >= 4 is 22.7 Å². The third kappa shape index (κ3) is 6.06. The highest BCUT2D eigenvalue weighted by Crippen LogP contribution is 2.18. The highest BCUT2D eigenvalue weighted by molar-refractivity contribution is 6.27. The summed E-state index contributed by atoms with van der Waals surface area (Å²) in [5.41, 5.74) is 1.03. The molecule has 0 unspecified atom stereocenters. The number of carbonyl (C=O) groups is 2. The van der Waals surface area contributed by atoms with Crippen molar-refractivity contribution in [1.29, 1.82) is 0 Å². The van der Waals surface area contributed by atoms with Crippen LogP contribution < -0.4 is 5.32 Å². The normalized spacial score (nSPS) is 10.7. The van der Waals surface area contributed by atoms with Gasteiger partial charge in [-0.1, -0.05) is 42.5 Å². The zero-order chi connectivity index (χ0) is 17.5. The lowest BCUT2D eigenvalue weighted by atomic mass is 10.0. The number of aliphatic hydroxyl groups excluding tert-OH is 1. The first kappa shape index (κ1) is 18.6. The molecule has 2 aromatic rings. The number of rotatable bonds is 4. The van der Waals surface area contributed by atoms with Crippen LogP contribution in [0.1, 0.15) is 19.4 Å². The summed E-state index contributed by atoms with van der Waals surface area (Å²) in [5.74, 6) is -3.65. The highest BCUT2D eigenvalue weighted by atomic mass is 16.4. The van der Waals surface area contributed by atoms with Gasteiger partial charge in [-0.05, 0) is 30.2 Å². The van der Waals surface area contributed by atoms with E-state index in [-0.39, 0.29) is 12.1 Å². The number of benzene rings is 2. The van der Waals surface area contributed by atoms with Gasteiger partial charge in [-0.3, -0.25) is 0 Å². The van der Waals surface area contributed by atoms with Gasteiger partial charge in [0.2, 0.25) is 0 Å². The molecule has 2 aromatic carbocycles. The predicted octanol–water partition coefficient (Wildman–Crippen LogP) is 1.86. The van der Waals surface area contributed by atoms with Gasteiger partial charge in [0.25, 0.3) is 0 Å². The Morgan fingerprint density at radius 2 is 1.57 bits per heavy atom. The fourth-order valence-corrected chi connectivity index (χ4v) is 1.84. The quantitative estimate of drug-likeness (QED) is 0.641. The molecule has 4 N–H and O–H groups in total. The lowest BCUT2D eigenvalue weighted by Gasteiger charge is -2.24. The molecule has 0 saturated heterocycles. The zero-order valence-electron chi connectivity index (χ0n) is 13.1. The van der Waals surface area contributed by atoms with E-state index < -0.39 is 11.9 Å². The number of hydrogen-bond acceptors (Lipinski definition) is 4. The zero-order valence-corrected chi connectivity index (χ0v) is 13.1. The maximum absolute atomic E-state index is 9.22. The number of aliphatic hydroxyl groups is 1. The number of nitrogens with one attached hydrogen (secondary N) is 1. The fraction of sp³-hybridized carbons (Fsp3) is 0.294. The van der Waals surface area contributed by atoms with Crippen molar-refractivity contribution < 1.29 is 24.9 Å². The van der Waals surface area contributed by atoms with Crippen molar-refractivity contribution in [2.75, 3.05) is 6.61 Å². The van der Waals surface area contributed by atoms with E-state index >= 15 is 0 Å². The molecule has 0 amide bonds. The first-order valence-corrected chi connectivity index (χ1v) is 7.05. The minimum Gasteiger partial charge on any atom is -0.473 e. The minimum atomic E-state index is -1.82. The second-order valence-corrected chi connectivity index (χ2v) is 5.64. The summed E-state index contributed by atoms with van der Waals surface area (Å²) in [6.07, 6.45) is 0. The monoisotopic (exact) mass is 319 g/mol. The number of aliphatic carboxylic acids is 2. The summed E-state index contributed by atoms with van der Waals surface area (Å²) >= 11 is 0. The van der Waals surface area contributed by atoms with Crippen LogP contribution in [0.15, 0.2) is 42.5 Å². The van der Waals surface area contributed by atoms with Crippen molar-refractivity contribution in [3.8, 4) is 0 Å². The molecular formula is C17H21NO5. The van der Waals surface area contributed by atoms with Crippen molar-refractivity contribution in [2.45, 2.75) is 25.9 Å². The standard InChI is InChI=1S/C15H19NO.C2H2O4/c1-15(2,11-17)16-10-13-8-5-7-12-6-3-4-9-14(12)13;3-1(4)2(5)6/h3-9,16-17H,10-11H2,1-2H3;(H,3,4)(H,5,6). The third-order valence-corrected chi connectivity index (χ3v) is 3.22. The second-order valence-electron chi connectivity index (χ2n) is 5.64. The van der Waals surface area contributed by atoms with Crippen LogP contribution in [0.3, 0.4) is 0 Å². The van der Waals surface area contributed by atoms with Crippen LogP contribution in [0.2, 0.25) is 0 Å². The lowest BCUT2D eigenvalue weighted by Crippen LogP contribution is -2.42. The van der Waals surface area contributed by atoms with Gasteiger partial charge in [0, 0.05) is 12.1 Å². The Morgan fingerprint density at radius 3 is 2.13 bits per heavy atom. The summed E-state index contributed by atoms with van der Waals surface area (Å²) in [6.45, 7) is 4.91. The largest absolute Gasteiger partial charge is 0.473 e. The molecule has 0 aromatic heterocycles. The van der Waals surface area contributed by atoms with Crippen LogP contribution >= 0.6 is 0 Å². The summed E-state index contributed by atoms with van der Waals surface area (Å²) < 4.78 is 0. The number of hydrogen-bond donors (Lipinski definition) is 4. The van der Waals surface area contributed by atoms with Crippen molar-refractivity contribution in [3.63, 3.8) is 0 Å². The molecule has 0 aliphatic heterocycles. The van der Waals surface area contributed by atoms with E-state index in [2.05, 4.69) is 47.8 Å². The van der Waals surface area contributed by atoms with Gasteiger partial charge in [-0.2, -0.15) is 0 Å². The molecule has 0 aliphatic carbocycles. The van der Waals surface area contributed by atoms with E-state index in [1.54, 1.807) is 0 Å². The first-order chi connectivity index (χ1) is 10.8. The average molecular weight is 319 g/mol.